The number of hydrogen-bond donors (Lipinski definition) is 2. The molecule has 1 aromatic heterocycles. The number of hydrogen-bond acceptors (Lipinski definition) is 4. The second-order valence-corrected chi connectivity index (χ2v) is 5.18. The Morgan fingerprint density at radius 1 is 1.43 bits per heavy atom. The zero-order chi connectivity index (χ0) is 14.8. The molecule has 7 heteroatoms. The number of nitrogens with zero attached hydrogens (tertiary/aromatic N) is 2. The molecule has 1 aromatic carbocycles. The molecule has 0 saturated heterocycles. The van der Waals surface area contributed by atoms with Gasteiger partial charge in [0.25, 0.3) is 0 Å². The number of carboxylic acid groups (broad SMARTS) is 1. The van der Waals surface area contributed by atoms with Crippen LogP contribution in [-0.2, 0) is 17.8 Å². The second-order valence-electron chi connectivity index (χ2n) is 4.79. The third-order valence-corrected chi connectivity index (χ3v) is 3.79. The second kappa shape index (κ2) is 5.53. The number of rotatable bonds is 2. The van der Waals surface area contributed by atoms with Crippen molar-refractivity contribution in [2.75, 3.05) is 5.32 Å². The molecule has 0 aliphatic carbocycles. The molecule has 0 bridgehead atoms. The molecule has 1 aliphatic heterocycles. The lowest BCUT2D eigenvalue weighted by Gasteiger charge is -2.37. The van der Waals surface area contributed by atoms with Gasteiger partial charge in [0, 0.05) is 12.1 Å². The van der Waals surface area contributed by atoms with Gasteiger partial charge in [-0.25, -0.2) is 4.98 Å². The van der Waals surface area contributed by atoms with Crippen LogP contribution in [0.25, 0.3) is 0 Å². The number of H-pyrrole nitrogens is 1. The molecule has 0 spiro atoms. The summed E-state index contributed by atoms with van der Waals surface area (Å²) in [5, 5.41) is 14.8. The Kier molecular flexibility index (Phi) is 3.57. The van der Waals surface area contributed by atoms with Gasteiger partial charge in [-0.05, 0) is 24.4 Å². The van der Waals surface area contributed by atoms with Crippen molar-refractivity contribution < 1.29 is 9.90 Å². The van der Waals surface area contributed by atoms with E-state index in [2.05, 4.69) is 15.3 Å². The monoisotopic (exact) mass is 301 g/mol. The quantitative estimate of drug-likeness (QED) is 0.775. The highest BCUT2D eigenvalue weighted by atomic mass is 32.1. The summed E-state index contributed by atoms with van der Waals surface area (Å²) in [5.41, 5.74) is 2.45. The van der Waals surface area contributed by atoms with Gasteiger partial charge in [-0.2, -0.15) is 0 Å². The molecule has 0 saturated carbocycles. The van der Waals surface area contributed by atoms with Crippen molar-refractivity contribution in [3.63, 3.8) is 0 Å². The van der Waals surface area contributed by atoms with Crippen LogP contribution in [-0.4, -0.2) is 32.0 Å². The topological polar surface area (TPSA) is 84.1 Å². The van der Waals surface area contributed by atoms with E-state index in [1.807, 2.05) is 30.3 Å². The number of nitrogens with one attached hydrogen (secondary N) is 2. The van der Waals surface area contributed by atoms with Gasteiger partial charge >= 0.3 is 0 Å². The minimum absolute atomic E-state index is 0.276. The summed E-state index contributed by atoms with van der Waals surface area (Å²) in [6.07, 6.45) is 1.84. The summed E-state index contributed by atoms with van der Waals surface area (Å²) < 4.78 is 0. The maximum Gasteiger partial charge on any atom is 0.174 e. The van der Waals surface area contributed by atoms with Gasteiger partial charge in [0.1, 0.15) is 0 Å². The molecule has 0 amide bonds. The van der Waals surface area contributed by atoms with Crippen molar-refractivity contribution in [3.8, 4) is 0 Å². The van der Waals surface area contributed by atoms with Gasteiger partial charge in [0.2, 0.25) is 0 Å². The lowest BCUT2D eigenvalue weighted by molar-refractivity contribution is -0.311. The van der Waals surface area contributed by atoms with Crippen molar-refractivity contribution in [2.45, 2.75) is 19.0 Å². The highest BCUT2D eigenvalue weighted by molar-refractivity contribution is 7.80. The van der Waals surface area contributed by atoms with E-state index in [1.165, 1.54) is 0 Å². The van der Waals surface area contributed by atoms with Crippen LogP contribution >= 0.6 is 12.2 Å². The number of fused-ring (bicyclic) bond motifs is 1. The van der Waals surface area contributed by atoms with Crippen molar-refractivity contribution in [2.24, 2.45) is 0 Å². The number of carbonyl (C=O) groups excluding carboxylic acids is 1. The minimum atomic E-state index is -1.15. The molecule has 0 unspecified atom stereocenters. The Bertz CT molecular complexity index is 671. The number of benzene rings is 1. The molecule has 2 aromatic rings. The first-order chi connectivity index (χ1) is 10.1. The molecule has 21 heavy (non-hydrogen) atoms. The minimum Gasteiger partial charge on any atom is -0.548 e. The largest absolute Gasteiger partial charge is 0.548 e. The molecule has 1 atom stereocenters. The van der Waals surface area contributed by atoms with Crippen molar-refractivity contribution in [1.29, 1.82) is 0 Å². The number of aromatic amines is 1. The van der Waals surface area contributed by atoms with Crippen LogP contribution in [0, 0.1) is 0 Å². The van der Waals surface area contributed by atoms with E-state index in [4.69, 9.17) is 12.2 Å². The van der Waals surface area contributed by atoms with Gasteiger partial charge < -0.3 is 25.1 Å². The lowest BCUT2D eigenvalue weighted by Crippen LogP contribution is -2.54. The predicted molar refractivity (Wildman–Crippen MR) is 79.3 cm³/mol. The maximum atomic E-state index is 11.4. The Labute approximate surface area is 126 Å². The predicted octanol–water partition coefficient (Wildman–Crippen LogP) is 0.283. The summed E-state index contributed by atoms with van der Waals surface area (Å²) in [4.78, 5) is 20.1. The average molecular weight is 301 g/mol. The molecule has 2 heterocycles. The highest BCUT2D eigenvalue weighted by Crippen LogP contribution is 2.21. The molecule has 6 nitrogen and oxygen atoms in total. The normalized spacial score (nSPS) is 17.1. The van der Waals surface area contributed by atoms with E-state index in [-0.39, 0.29) is 6.42 Å². The standard InChI is InChI=1S/C14H14N4O2S/c19-13(20)12-6-10-11(16-8-15-10)7-18(12)14(21)17-9-4-2-1-3-5-9/h1-5,8,12H,6-7H2,(H,15,16)(H,17,21)(H,19,20)/p-1/t12-/m1/s1. The van der Waals surface area contributed by atoms with Crippen LogP contribution in [0.4, 0.5) is 5.69 Å². The van der Waals surface area contributed by atoms with Crippen LogP contribution in [0.15, 0.2) is 36.7 Å². The van der Waals surface area contributed by atoms with E-state index in [0.717, 1.165) is 17.1 Å². The number of thiocarbonyl (C=S) groups is 1. The third kappa shape index (κ3) is 2.73. The van der Waals surface area contributed by atoms with Crippen molar-refractivity contribution in [3.05, 3.63) is 48.0 Å². The maximum absolute atomic E-state index is 11.4. The van der Waals surface area contributed by atoms with Crippen molar-refractivity contribution >= 4 is 29.0 Å². The lowest BCUT2D eigenvalue weighted by atomic mass is 10.0. The number of anilines is 1. The smallest absolute Gasteiger partial charge is 0.174 e. The highest BCUT2D eigenvalue weighted by Gasteiger charge is 2.30. The molecule has 0 radical (unpaired) electrons. The fourth-order valence-corrected chi connectivity index (χ4v) is 2.69. The van der Waals surface area contributed by atoms with Gasteiger partial charge in [-0.1, -0.05) is 18.2 Å². The molecular weight excluding hydrogens is 288 g/mol. The zero-order valence-corrected chi connectivity index (χ0v) is 11.9. The molecule has 0 fully saturated rings. The number of aliphatic carboxylic acids is 1. The number of carbonyl (C=O) groups is 1. The summed E-state index contributed by atoms with van der Waals surface area (Å²) >= 11 is 5.34. The van der Waals surface area contributed by atoms with Crippen molar-refractivity contribution in [1.82, 2.24) is 14.9 Å². The van der Waals surface area contributed by atoms with Crippen LogP contribution in [0.1, 0.15) is 11.4 Å². The van der Waals surface area contributed by atoms with Crippen LogP contribution in [0.5, 0.6) is 0 Å². The SMILES string of the molecule is O=C([O-])[C@H]1Cc2nc[nH]c2CN1C(=S)Nc1ccccc1. The van der Waals surface area contributed by atoms with Gasteiger partial charge in [-0.15, -0.1) is 0 Å². The van der Waals surface area contributed by atoms with Gasteiger partial charge in [-0.3, -0.25) is 0 Å². The molecule has 2 N–H and O–H groups in total. The summed E-state index contributed by atoms with van der Waals surface area (Å²) in [6, 6.07) is 8.58. The van der Waals surface area contributed by atoms with E-state index < -0.39 is 12.0 Å². The fraction of sp³-hybridized carbons (Fsp3) is 0.214. The summed E-state index contributed by atoms with van der Waals surface area (Å²) in [7, 11) is 0. The van der Waals surface area contributed by atoms with Crippen LogP contribution in [0.3, 0.4) is 0 Å². The fourth-order valence-electron chi connectivity index (χ4n) is 2.38. The van der Waals surface area contributed by atoms with E-state index in [9.17, 15) is 9.90 Å². The first-order valence-electron chi connectivity index (χ1n) is 6.50. The Balaban J connectivity index is 1.82. The first-order valence-corrected chi connectivity index (χ1v) is 6.90. The molecule has 108 valence electrons. The molecule has 3 rings (SSSR count). The Morgan fingerprint density at radius 2 is 2.19 bits per heavy atom. The zero-order valence-electron chi connectivity index (χ0n) is 11.1. The number of imidazole rings is 1. The summed E-state index contributed by atoms with van der Waals surface area (Å²) in [6.45, 7) is 0.368. The van der Waals surface area contributed by atoms with Gasteiger partial charge in [0.05, 0.1) is 36.3 Å². The Hall–Kier alpha value is -2.41. The van der Waals surface area contributed by atoms with E-state index in [0.29, 0.717) is 11.7 Å². The molecular formula is C14H13N4O2S-. The van der Waals surface area contributed by atoms with E-state index in [1.54, 1.807) is 11.2 Å². The molecule has 1 aliphatic rings. The number of carboxylic acids is 1. The number of aromatic nitrogens is 2. The first kappa shape index (κ1) is 13.6. The Morgan fingerprint density at radius 3 is 2.90 bits per heavy atom. The van der Waals surface area contributed by atoms with Gasteiger partial charge in [0.15, 0.2) is 5.11 Å². The summed E-state index contributed by atoms with van der Waals surface area (Å²) in [5.74, 6) is -1.15. The third-order valence-electron chi connectivity index (χ3n) is 3.46. The van der Waals surface area contributed by atoms with Crippen LogP contribution < -0.4 is 10.4 Å². The average Bonchev–Trinajstić information content (AvgIpc) is 2.94. The van der Waals surface area contributed by atoms with E-state index >= 15 is 0 Å². The number of para-hydroxylation sites is 1. The van der Waals surface area contributed by atoms with Crippen LogP contribution in [0.2, 0.25) is 0 Å².